The van der Waals surface area contributed by atoms with E-state index in [-0.39, 0.29) is 7.47 Å². The van der Waals surface area contributed by atoms with E-state index in [1.807, 2.05) is 13.8 Å². The molecular formula is C26H48N4O. The van der Waals surface area contributed by atoms with Crippen LogP contribution >= 0.6 is 0 Å². The average molecular weight is 433 g/mol. The highest BCUT2D eigenvalue weighted by Gasteiger charge is 2.21. The lowest BCUT2D eigenvalue weighted by Crippen LogP contribution is -2.39. The van der Waals surface area contributed by atoms with Gasteiger partial charge in [-0.25, -0.2) is 5.48 Å². The van der Waals surface area contributed by atoms with Crippen LogP contribution in [0.4, 0.5) is 0 Å². The van der Waals surface area contributed by atoms with Crippen molar-refractivity contribution in [2.24, 2.45) is 10.9 Å². The van der Waals surface area contributed by atoms with E-state index in [0.717, 1.165) is 38.6 Å². The number of hydroxylamine groups is 1. The second kappa shape index (κ2) is 18.1. The zero-order valence-corrected chi connectivity index (χ0v) is 20.4. The van der Waals surface area contributed by atoms with E-state index in [4.69, 9.17) is 4.84 Å². The molecule has 1 aromatic carbocycles. The smallest absolute Gasteiger partial charge is 0.0873 e. The number of rotatable bonds is 16. The Morgan fingerprint density at radius 3 is 2.68 bits per heavy atom. The molecule has 3 atom stereocenters. The van der Waals surface area contributed by atoms with E-state index in [2.05, 4.69) is 83.7 Å². The molecule has 1 aromatic rings. The summed E-state index contributed by atoms with van der Waals surface area (Å²) in [6, 6.07) is 11.4. The molecule has 1 aliphatic heterocycles. The Bertz CT molecular complexity index is 584. The summed E-state index contributed by atoms with van der Waals surface area (Å²) in [6.45, 7) is 17.4. The molecule has 0 fully saturated rings. The summed E-state index contributed by atoms with van der Waals surface area (Å²) in [5.74, 6) is 0.791. The normalized spacial score (nSPS) is 17.7. The Morgan fingerprint density at radius 1 is 1.19 bits per heavy atom. The quantitative estimate of drug-likeness (QED) is 0.171. The fraction of sp³-hybridized carbons (Fsp3) is 0.654. The van der Waals surface area contributed by atoms with Crippen LogP contribution in [0.25, 0.3) is 0 Å². The second-order valence-corrected chi connectivity index (χ2v) is 8.02. The monoisotopic (exact) mass is 432 g/mol. The molecule has 2 N–H and O–H groups in total. The third-order valence-corrected chi connectivity index (χ3v) is 5.73. The maximum atomic E-state index is 5.67. The molecule has 0 bridgehead atoms. The Balaban J connectivity index is 0.00000311. The molecular weight excluding hydrogens is 384 g/mol. The first-order chi connectivity index (χ1) is 15.2. The van der Waals surface area contributed by atoms with Crippen LogP contribution < -0.4 is 10.8 Å². The van der Waals surface area contributed by atoms with Crippen molar-refractivity contribution < 1.29 is 6.26 Å². The Morgan fingerprint density at radius 2 is 1.97 bits per heavy atom. The fourth-order valence-electron chi connectivity index (χ4n) is 3.73. The lowest BCUT2D eigenvalue weighted by molar-refractivity contribution is 0.0143. The van der Waals surface area contributed by atoms with Gasteiger partial charge in [0.25, 0.3) is 0 Å². The molecule has 0 aromatic heterocycles. The van der Waals surface area contributed by atoms with E-state index >= 15 is 0 Å². The van der Waals surface area contributed by atoms with Crippen LogP contribution in [0.2, 0.25) is 0 Å². The van der Waals surface area contributed by atoms with Crippen LogP contribution in [0, 0.1) is 5.92 Å². The average Bonchev–Trinajstić information content (AvgIpc) is 3.26. The summed E-state index contributed by atoms with van der Waals surface area (Å²) in [6.07, 6.45) is 9.37. The minimum Gasteiger partial charge on any atom is -0.315 e. The first kappa shape index (κ1) is 27.5. The van der Waals surface area contributed by atoms with Crippen molar-refractivity contribution in [2.75, 3.05) is 39.3 Å². The standard InChI is InChI=1S/C24H40N4O.C2H6.H2/c1-4-22(12-13-23-9-6-5-7-10-23)14-15-26-16-17-27-29-20-24-11-8-18-28(24)19-21(2)25-3;1-2;/h5-11,21-22,24,26-27H,3-4,12-20H2,1-2H3;1-2H3;1H. The van der Waals surface area contributed by atoms with Crippen LogP contribution in [0.1, 0.15) is 53.9 Å². The summed E-state index contributed by atoms with van der Waals surface area (Å²) >= 11 is 0. The topological polar surface area (TPSA) is 48.9 Å². The third kappa shape index (κ3) is 12.2. The largest absolute Gasteiger partial charge is 0.315 e. The molecule has 31 heavy (non-hydrogen) atoms. The van der Waals surface area contributed by atoms with Gasteiger partial charge in [0.1, 0.15) is 0 Å². The van der Waals surface area contributed by atoms with Crippen molar-refractivity contribution in [3.05, 3.63) is 48.0 Å². The van der Waals surface area contributed by atoms with Gasteiger partial charge in [0.05, 0.1) is 18.7 Å². The molecule has 3 unspecified atom stereocenters. The van der Waals surface area contributed by atoms with Gasteiger partial charge in [-0.2, -0.15) is 0 Å². The number of nitrogens with one attached hydrogen (secondary N) is 2. The highest BCUT2D eigenvalue weighted by molar-refractivity contribution is 5.24. The van der Waals surface area contributed by atoms with Gasteiger partial charge < -0.3 is 5.32 Å². The van der Waals surface area contributed by atoms with Crippen LogP contribution in [-0.4, -0.2) is 63.0 Å². The molecule has 178 valence electrons. The van der Waals surface area contributed by atoms with E-state index in [9.17, 15) is 0 Å². The molecule has 5 heteroatoms. The molecule has 0 aliphatic carbocycles. The predicted octanol–water partition coefficient (Wildman–Crippen LogP) is 4.75. The molecule has 1 heterocycles. The number of benzene rings is 1. The summed E-state index contributed by atoms with van der Waals surface area (Å²) in [4.78, 5) is 12.1. The van der Waals surface area contributed by atoms with Crippen molar-refractivity contribution in [1.82, 2.24) is 15.7 Å². The van der Waals surface area contributed by atoms with Gasteiger partial charge in [0.15, 0.2) is 0 Å². The van der Waals surface area contributed by atoms with Gasteiger partial charge >= 0.3 is 0 Å². The molecule has 0 spiro atoms. The highest BCUT2D eigenvalue weighted by atomic mass is 16.6. The van der Waals surface area contributed by atoms with E-state index in [1.165, 1.54) is 31.2 Å². The lowest BCUT2D eigenvalue weighted by atomic mass is 9.94. The maximum Gasteiger partial charge on any atom is 0.0873 e. The van der Waals surface area contributed by atoms with Crippen LogP contribution in [0.5, 0.6) is 0 Å². The van der Waals surface area contributed by atoms with Crippen molar-refractivity contribution in [3.8, 4) is 0 Å². The van der Waals surface area contributed by atoms with Crippen LogP contribution in [0.15, 0.2) is 47.5 Å². The summed E-state index contributed by atoms with van der Waals surface area (Å²) in [5, 5.41) is 3.53. The number of hydrogen-bond donors (Lipinski definition) is 2. The highest BCUT2D eigenvalue weighted by Crippen LogP contribution is 2.16. The fourth-order valence-corrected chi connectivity index (χ4v) is 3.73. The van der Waals surface area contributed by atoms with E-state index < -0.39 is 0 Å². The van der Waals surface area contributed by atoms with Crippen molar-refractivity contribution >= 4 is 6.72 Å². The number of nitrogens with zero attached hydrogens (tertiary/aromatic N) is 2. The van der Waals surface area contributed by atoms with Gasteiger partial charge in [-0.3, -0.25) is 14.7 Å². The number of aryl methyl sites for hydroxylation is 1. The van der Waals surface area contributed by atoms with Gasteiger partial charge in [-0.15, -0.1) is 0 Å². The SMILES string of the molecule is C=NC(C)CN1CC=CC1CONCCNCCC(CC)CCc1ccccc1.CC.[HH]. The summed E-state index contributed by atoms with van der Waals surface area (Å²) in [7, 11) is 0. The number of hydrogen-bond acceptors (Lipinski definition) is 5. The van der Waals surface area contributed by atoms with Crippen molar-refractivity contribution in [1.29, 1.82) is 0 Å². The first-order valence-electron chi connectivity index (χ1n) is 12.2. The number of aliphatic imine (C=N–C) groups is 1. The third-order valence-electron chi connectivity index (χ3n) is 5.73. The minimum absolute atomic E-state index is 0. The molecule has 2 rings (SSSR count). The van der Waals surface area contributed by atoms with E-state index in [1.54, 1.807) is 0 Å². The molecule has 0 radical (unpaired) electrons. The summed E-state index contributed by atoms with van der Waals surface area (Å²) in [5.41, 5.74) is 4.54. The van der Waals surface area contributed by atoms with Crippen LogP contribution in [0.3, 0.4) is 0 Å². The van der Waals surface area contributed by atoms with Crippen molar-refractivity contribution in [2.45, 2.75) is 65.5 Å². The van der Waals surface area contributed by atoms with E-state index in [0.29, 0.717) is 12.6 Å². The van der Waals surface area contributed by atoms with Crippen LogP contribution in [-0.2, 0) is 11.3 Å². The first-order valence-corrected chi connectivity index (χ1v) is 12.2. The minimum atomic E-state index is 0. The molecule has 0 saturated heterocycles. The molecule has 0 amide bonds. The molecule has 1 aliphatic rings. The lowest BCUT2D eigenvalue weighted by Gasteiger charge is -2.25. The molecule has 0 saturated carbocycles. The Labute approximate surface area is 192 Å². The zero-order valence-electron chi connectivity index (χ0n) is 20.4. The van der Waals surface area contributed by atoms with Gasteiger partial charge in [0.2, 0.25) is 0 Å². The maximum absolute atomic E-state index is 5.67. The summed E-state index contributed by atoms with van der Waals surface area (Å²) < 4.78 is 0. The zero-order chi connectivity index (χ0) is 22.7. The van der Waals surface area contributed by atoms with Gasteiger partial charge in [-0.05, 0) is 50.9 Å². The Hall–Kier alpha value is -1.53. The molecule has 5 nitrogen and oxygen atoms in total. The Kier molecular flexibility index (Phi) is 16.0. The van der Waals surface area contributed by atoms with Gasteiger partial charge in [-0.1, -0.05) is 69.7 Å². The van der Waals surface area contributed by atoms with Crippen molar-refractivity contribution in [3.63, 3.8) is 0 Å². The van der Waals surface area contributed by atoms with Gasteiger partial charge in [0, 0.05) is 27.6 Å². The predicted molar refractivity (Wildman–Crippen MR) is 137 cm³/mol. The second-order valence-electron chi connectivity index (χ2n) is 8.02.